The van der Waals surface area contributed by atoms with Crippen LogP contribution >= 0.6 is 11.6 Å². The van der Waals surface area contributed by atoms with Gasteiger partial charge < -0.3 is 4.74 Å². The smallest absolute Gasteiger partial charge is 0.387 e. The molecule has 1 amide bonds. The summed E-state index contributed by atoms with van der Waals surface area (Å²) < 4.78 is 30.4. The van der Waals surface area contributed by atoms with Crippen LogP contribution in [0.2, 0.25) is 5.02 Å². The number of H-pyrrole nitrogens is 1. The number of anilines is 1. The van der Waals surface area contributed by atoms with E-state index in [-0.39, 0.29) is 17.4 Å². The number of aromatic amines is 1. The van der Waals surface area contributed by atoms with Gasteiger partial charge in [0, 0.05) is 10.6 Å². The minimum atomic E-state index is -2.89. The van der Waals surface area contributed by atoms with E-state index in [0.717, 1.165) is 5.56 Å². The van der Waals surface area contributed by atoms with Crippen molar-refractivity contribution in [2.45, 2.75) is 13.2 Å². The van der Waals surface area contributed by atoms with Crippen molar-refractivity contribution in [3.63, 3.8) is 0 Å². The molecule has 0 unspecified atom stereocenters. The zero-order valence-corrected chi connectivity index (χ0v) is 16.6. The Hall–Kier alpha value is -3.79. The molecule has 0 saturated carbocycles. The van der Waals surface area contributed by atoms with Crippen molar-refractivity contribution in [1.29, 1.82) is 0 Å². The van der Waals surface area contributed by atoms with Gasteiger partial charge in [-0.2, -0.15) is 13.9 Å². The highest BCUT2D eigenvalue weighted by Gasteiger charge is 2.14. The van der Waals surface area contributed by atoms with E-state index in [1.807, 2.05) is 18.2 Å². The first-order valence-corrected chi connectivity index (χ1v) is 9.40. The van der Waals surface area contributed by atoms with Crippen molar-refractivity contribution in [1.82, 2.24) is 25.0 Å². The molecule has 8 nitrogen and oxygen atoms in total. The Morgan fingerprint density at radius 1 is 1.19 bits per heavy atom. The number of carbonyl (C=O) groups excluding carboxylic acids is 1. The number of benzene rings is 2. The number of hydrogen-bond donors (Lipinski definition) is 2. The Morgan fingerprint density at radius 2 is 2.00 bits per heavy atom. The maximum absolute atomic E-state index is 12.5. The fourth-order valence-electron chi connectivity index (χ4n) is 2.81. The number of hydrogen-bond acceptors (Lipinski definition) is 5. The zero-order valence-electron chi connectivity index (χ0n) is 15.8. The van der Waals surface area contributed by atoms with Crippen LogP contribution < -0.4 is 10.1 Å². The van der Waals surface area contributed by atoms with Crippen LogP contribution in [0.15, 0.2) is 60.9 Å². The largest absolute Gasteiger partial charge is 0.435 e. The van der Waals surface area contributed by atoms with Gasteiger partial charge in [-0.3, -0.25) is 15.2 Å². The number of nitrogens with one attached hydrogen (secondary N) is 2. The maximum Gasteiger partial charge on any atom is 0.387 e. The van der Waals surface area contributed by atoms with Gasteiger partial charge in [0.1, 0.15) is 17.8 Å². The lowest BCUT2D eigenvalue weighted by Crippen LogP contribution is -2.14. The standard InChI is InChI=1S/C20H15ClF2N6O2/c21-14-3-1-2-12(8-14)10-29-11-24-20(28-29)25-18(30)17-9-16(26-27-17)13-4-6-15(7-5-13)31-19(22)23/h1-9,11,19H,10H2,(H,26,27)(H,25,28,30). The van der Waals surface area contributed by atoms with E-state index in [0.29, 0.717) is 22.8 Å². The number of amides is 1. The summed E-state index contributed by atoms with van der Waals surface area (Å²) in [5.41, 5.74) is 2.22. The first-order valence-electron chi connectivity index (χ1n) is 9.02. The van der Waals surface area contributed by atoms with Crippen LogP contribution in [0.25, 0.3) is 11.3 Å². The van der Waals surface area contributed by atoms with E-state index in [9.17, 15) is 13.6 Å². The van der Waals surface area contributed by atoms with Gasteiger partial charge >= 0.3 is 6.61 Å². The number of nitrogens with zero attached hydrogens (tertiary/aromatic N) is 4. The molecule has 0 aliphatic heterocycles. The van der Waals surface area contributed by atoms with Gasteiger partial charge in [0.15, 0.2) is 0 Å². The second-order valence-electron chi connectivity index (χ2n) is 6.42. The summed E-state index contributed by atoms with van der Waals surface area (Å²) in [6.07, 6.45) is 1.50. The molecule has 2 heterocycles. The Labute approximate surface area is 179 Å². The van der Waals surface area contributed by atoms with Crippen LogP contribution in [-0.4, -0.2) is 37.5 Å². The molecule has 11 heteroatoms. The molecule has 4 aromatic rings. The first kappa shape index (κ1) is 20.5. The van der Waals surface area contributed by atoms with Gasteiger partial charge in [-0.1, -0.05) is 23.7 Å². The van der Waals surface area contributed by atoms with Crippen molar-refractivity contribution in [3.8, 4) is 17.0 Å². The predicted molar refractivity (Wildman–Crippen MR) is 109 cm³/mol. The third kappa shape index (κ3) is 5.23. The Morgan fingerprint density at radius 3 is 2.74 bits per heavy atom. The molecule has 0 bridgehead atoms. The molecule has 158 valence electrons. The van der Waals surface area contributed by atoms with Crippen LogP contribution in [-0.2, 0) is 6.54 Å². The maximum atomic E-state index is 12.5. The van der Waals surface area contributed by atoms with Crippen molar-refractivity contribution < 1.29 is 18.3 Å². The molecule has 0 aliphatic carbocycles. The lowest BCUT2D eigenvalue weighted by atomic mass is 10.1. The highest BCUT2D eigenvalue weighted by atomic mass is 35.5. The van der Waals surface area contributed by atoms with Gasteiger partial charge in [-0.05, 0) is 48.0 Å². The third-order valence-electron chi connectivity index (χ3n) is 4.19. The number of ether oxygens (including phenoxy) is 1. The van der Waals surface area contributed by atoms with E-state index in [2.05, 4.69) is 30.3 Å². The van der Waals surface area contributed by atoms with E-state index >= 15 is 0 Å². The molecule has 0 atom stereocenters. The van der Waals surface area contributed by atoms with Gasteiger partial charge in [0.2, 0.25) is 5.95 Å². The SMILES string of the molecule is O=C(Nc1ncn(Cc2cccc(Cl)c2)n1)c1cc(-c2ccc(OC(F)F)cc2)n[nH]1. The van der Waals surface area contributed by atoms with Gasteiger partial charge in [-0.15, -0.1) is 5.10 Å². The Kier molecular flexibility index (Phi) is 5.89. The summed E-state index contributed by atoms with van der Waals surface area (Å²) in [6.45, 7) is -2.45. The first-order chi connectivity index (χ1) is 15.0. The minimum absolute atomic E-state index is 0.0340. The zero-order chi connectivity index (χ0) is 21.8. The summed E-state index contributed by atoms with van der Waals surface area (Å²) in [7, 11) is 0. The number of rotatable bonds is 7. The van der Waals surface area contributed by atoms with E-state index in [1.54, 1.807) is 22.9 Å². The second-order valence-corrected chi connectivity index (χ2v) is 6.86. The summed E-state index contributed by atoms with van der Waals surface area (Å²) in [6, 6.07) is 14.8. The van der Waals surface area contributed by atoms with Gasteiger partial charge in [-0.25, -0.2) is 9.67 Å². The predicted octanol–water partition coefficient (Wildman–Crippen LogP) is 4.22. The molecular formula is C20H15ClF2N6O2. The topological polar surface area (TPSA) is 97.7 Å². The van der Waals surface area contributed by atoms with Crippen molar-refractivity contribution in [2.75, 3.05) is 5.32 Å². The fourth-order valence-corrected chi connectivity index (χ4v) is 3.03. The molecular weight excluding hydrogens is 430 g/mol. The monoisotopic (exact) mass is 444 g/mol. The second kappa shape index (κ2) is 8.92. The normalized spacial score (nSPS) is 11.0. The average Bonchev–Trinajstić information content (AvgIpc) is 3.38. The van der Waals surface area contributed by atoms with Crippen LogP contribution in [0.4, 0.5) is 14.7 Å². The summed E-state index contributed by atoms with van der Waals surface area (Å²) in [4.78, 5) is 16.5. The number of alkyl halides is 2. The third-order valence-corrected chi connectivity index (χ3v) is 4.43. The Bertz CT molecular complexity index is 1190. The number of aromatic nitrogens is 5. The molecule has 0 saturated heterocycles. The van der Waals surface area contributed by atoms with Crippen LogP contribution in [0, 0.1) is 0 Å². The lowest BCUT2D eigenvalue weighted by Gasteiger charge is -2.04. The molecule has 2 aromatic heterocycles. The van der Waals surface area contributed by atoms with Gasteiger partial charge in [0.05, 0.1) is 12.2 Å². The van der Waals surface area contributed by atoms with E-state index < -0.39 is 12.5 Å². The van der Waals surface area contributed by atoms with Crippen molar-refractivity contribution in [3.05, 3.63) is 77.2 Å². The molecule has 2 N–H and O–H groups in total. The van der Waals surface area contributed by atoms with Crippen LogP contribution in [0.5, 0.6) is 5.75 Å². The number of carbonyl (C=O) groups is 1. The van der Waals surface area contributed by atoms with E-state index in [4.69, 9.17) is 11.6 Å². The lowest BCUT2D eigenvalue weighted by molar-refractivity contribution is -0.0498. The average molecular weight is 445 g/mol. The highest BCUT2D eigenvalue weighted by molar-refractivity contribution is 6.30. The molecule has 0 radical (unpaired) electrons. The van der Waals surface area contributed by atoms with Crippen molar-refractivity contribution in [2.24, 2.45) is 0 Å². The number of halogens is 3. The molecule has 0 aliphatic rings. The highest BCUT2D eigenvalue weighted by Crippen LogP contribution is 2.22. The fraction of sp³-hybridized carbons (Fsp3) is 0.100. The van der Waals surface area contributed by atoms with Gasteiger partial charge in [0.25, 0.3) is 5.91 Å². The van der Waals surface area contributed by atoms with E-state index in [1.165, 1.54) is 24.5 Å². The summed E-state index contributed by atoms with van der Waals surface area (Å²) in [5.74, 6) is -0.305. The summed E-state index contributed by atoms with van der Waals surface area (Å²) >= 11 is 5.98. The van der Waals surface area contributed by atoms with Crippen LogP contribution in [0.1, 0.15) is 16.1 Å². The molecule has 0 spiro atoms. The van der Waals surface area contributed by atoms with Crippen LogP contribution in [0.3, 0.4) is 0 Å². The molecule has 0 fully saturated rings. The minimum Gasteiger partial charge on any atom is -0.435 e. The quantitative estimate of drug-likeness (QED) is 0.444. The Balaban J connectivity index is 1.40. The van der Waals surface area contributed by atoms with Crippen molar-refractivity contribution >= 4 is 23.5 Å². The molecule has 4 rings (SSSR count). The summed E-state index contributed by atoms with van der Waals surface area (Å²) in [5, 5.41) is 14.1. The molecule has 31 heavy (non-hydrogen) atoms. The molecule has 2 aromatic carbocycles.